The summed E-state index contributed by atoms with van der Waals surface area (Å²) in [4.78, 5) is 12.5. The van der Waals surface area contributed by atoms with Crippen molar-refractivity contribution in [3.63, 3.8) is 0 Å². The van der Waals surface area contributed by atoms with Crippen molar-refractivity contribution in [1.82, 2.24) is 0 Å². The Bertz CT molecular complexity index is 482. The third-order valence-corrected chi connectivity index (χ3v) is 2.92. The van der Waals surface area contributed by atoms with Gasteiger partial charge in [0.1, 0.15) is 18.9 Å². The zero-order valence-corrected chi connectivity index (χ0v) is 9.97. The predicted molar refractivity (Wildman–Crippen MR) is 69.1 cm³/mol. The molecule has 0 saturated heterocycles. The van der Waals surface area contributed by atoms with Gasteiger partial charge in [-0.05, 0) is 37.3 Å². The predicted octanol–water partition coefficient (Wildman–Crippen LogP) is 3.18. The fraction of sp³-hybridized carbons (Fsp3) is 0.133. The standard InChI is InChI=1S/C15H16NO/c1-3-10-16(11-4-5-12-16)15(17)14-8-6-13(2)7-9-14/h3-9,11-12H,1,10H2,2H3/q+1. The molecule has 0 saturated carbocycles. The minimum absolute atomic E-state index is 0.0786. The van der Waals surface area contributed by atoms with Crippen LogP contribution in [0.3, 0.4) is 0 Å². The van der Waals surface area contributed by atoms with Crippen molar-refractivity contribution >= 4 is 5.91 Å². The van der Waals surface area contributed by atoms with E-state index in [0.717, 1.165) is 11.1 Å². The number of allylic oxidation sites excluding steroid dienone is 2. The van der Waals surface area contributed by atoms with Crippen LogP contribution in [-0.4, -0.2) is 16.9 Å². The molecule has 0 atom stereocenters. The SMILES string of the molecule is C=CC[N+]1(C(=O)c2ccc(C)cc2)C=CC=C1. The number of quaternary nitrogens is 1. The summed E-state index contributed by atoms with van der Waals surface area (Å²) in [7, 11) is 0. The summed E-state index contributed by atoms with van der Waals surface area (Å²) in [6.07, 6.45) is 9.35. The molecule has 0 N–H and O–H groups in total. The van der Waals surface area contributed by atoms with Crippen LogP contribution in [0.5, 0.6) is 0 Å². The van der Waals surface area contributed by atoms with Gasteiger partial charge in [-0.3, -0.25) is 0 Å². The highest BCUT2D eigenvalue weighted by molar-refractivity contribution is 5.90. The smallest absolute Gasteiger partial charge is 0.225 e. The maximum absolute atomic E-state index is 12.5. The van der Waals surface area contributed by atoms with Crippen LogP contribution in [0.2, 0.25) is 0 Å². The Hall–Kier alpha value is -1.93. The summed E-state index contributed by atoms with van der Waals surface area (Å²) in [5.41, 5.74) is 1.89. The number of hydrogen-bond donors (Lipinski definition) is 0. The second-order valence-electron chi connectivity index (χ2n) is 4.26. The van der Waals surface area contributed by atoms with Crippen LogP contribution in [0.4, 0.5) is 0 Å². The second kappa shape index (κ2) is 4.52. The number of carbonyl (C=O) groups excluding carboxylic acids is 1. The molecular weight excluding hydrogens is 210 g/mol. The van der Waals surface area contributed by atoms with Crippen LogP contribution < -0.4 is 0 Å². The average Bonchev–Trinajstić information content (AvgIpc) is 2.79. The fourth-order valence-corrected chi connectivity index (χ4v) is 1.95. The van der Waals surface area contributed by atoms with Gasteiger partial charge in [0.05, 0.1) is 5.56 Å². The lowest BCUT2D eigenvalue weighted by atomic mass is 10.1. The van der Waals surface area contributed by atoms with Crippen LogP contribution in [-0.2, 0) is 0 Å². The number of benzene rings is 1. The van der Waals surface area contributed by atoms with Crippen LogP contribution in [0.15, 0.2) is 61.5 Å². The number of amides is 1. The maximum Gasteiger partial charge on any atom is 0.355 e. The maximum atomic E-state index is 12.5. The third-order valence-electron chi connectivity index (χ3n) is 2.92. The molecule has 1 aromatic rings. The highest BCUT2D eigenvalue weighted by Crippen LogP contribution is 2.21. The molecule has 0 fully saturated rings. The van der Waals surface area contributed by atoms with Crippen molar-refractivity contribution in [1.29, 1.82) is 0 Å². The largest absolute Gasteiger partial charge is 0.355 e. The number of nitrogens with zero attached hydrogens (tertiary/aromatic N) is 1. The first kappa shape index (κ1) is 11.6. The van der Waals surface area contributed by atoms with Gasteiger partial charge in [-0.25, -0.2) is 9.28 Å². The van der Waals surface area contributed by atoms with Crippen molar-refractivity contribution in [2.75, 3.05) is 6.54 Å². The monoisotopic (exact) mass is 226 g/mol. The molecule has 2 nitrogen and oxygen atoms in total. The molecule has 17 heavy (non-hydrogen) atoms. The summed E-state index contributed by atoms with van der Waals surface area (Å²) in [6.45, 7) is 6.32. The van der Waals surface area contributed by atoms with Gasteiger partial charge < -0.3 is 0 Å². The molecule has 1 aliphatic heterocycles. The van der Waals surface area contributed by atoms with E-state index >= 15 is 0 Å². The van der Waals surface area contributed by atoms with Gasteiger partial charge in [0.25, 0.3) is 0 Å². The van der Waals surface area contributed by atoms with E-state index in [4.69, 9.17) is 0 Å². The molecule has 2 heteroatoms. The Morgan fingerprint density at radius 2 is 1.82 bits per heavy atom. The van der Waals surface area contributed by atoms with Gasteiger partial charge in [0.15, 0.2) is 0 Å². The molecule has 0 spiro atoms. The molecule has 1 aliphatic rings. The normalized spacial score (nSPS) is 16.1. The topological polar surface area (TPSA) is 17.1 Å². The van der Waals surface area contributed by atoms with E-state index in [9.17, 15) is 4.79 Å². The molecular formula is C15H16NO+. The lowest BCUT2D eigenvalue weighted by Gasteiger charge is -2.24. The molecule has 0 aliphatic carbocycles. The molecule has 0 bridgehead atoms. The van der Waals surface area contributed by atoms with E-state index in [1.165, 1.54) is 0 Å². The van der Waals surface area contributed by atoms with Crippen molar-refractivity contribution < 1.29 is 9.28 Å². The first-order valence-corrected chi connectivity index (χ1v) is 5.65. The second-order valence-corrected chi connectivity index (χ2v) is 4.26. The van der Waals surface area contributed by atoms with E-state index in [-0.39, 0.29) is 10.4 Å². The third kappa shape index (κ3) is 2.12. The number of rotatable bonds is 3. The molecule has 1 aromatic carbocycles. The summed E-state index contributed by atoms with van der Waals surface area (Å²) in [6, 6.07) is 7.67. The number of aryl methyl sites for hydroxylation is 1. The Labute approximate surface area is 102 Å². The molecule has 0 aromatic heterocycles. The van der Waals surface area contributed by atoms with E-state index in [1.807, 2.05) is 55.7 Å². The molecule has 0 radical (unpaired) electrons. The van der Waals surface area contributed by atoms with Gasteiger partial charge >= 0.3 is 5.91 Å². The Kier molecular flexibility index (Phi) is 3.07. The van der Waals surface area contributed by atoms with E-state index in [0.29, 0.717) is 6.54 Å². The molecule has 86 valence electrons. The average molecular weight is 226 g/mol. The zero-order chi connectivity index (χ0) is 12.3. The van der Waals surface area contributed by atoms with Gasteiger partial charge in [-0.1, -0.05) is 24.3 Å². The molecule has 1 heterocycles. The summed E-state index contributed by atoms with van der Waals surface area (Å²) >= 11 is 0. The molecule has 1 amide bonds. The fourth-order valence-electron chi connectivity index (χ4n) is 1.95. The Balaban J connectivity index is 2.35. The van der Waals surface area contributed by atoms with Crippen molar-refractivity contribution in [2.45, 2.75) is 6.92 Å². The van der Waals surface area contributed by atoms with Crippen LogP contribution in [0.1, 0.15) is 15.9 Å². The molecule has 0 unspecified atom stereocenters. The van der Waals surface area contributed by atoms with Crippen LogP contribution in [0, 0.1) is 6.92 Å². The summed E-state index contributed by atoms with van der Waals surface area (Å²) < 4.78 is 0.201. The summed E-state index contributed by atoms with van der Waals surface area (Å²) in [5.74, 6) is 0.0786. The van der Waals surface area contributed by atoms with Gasteiger partial charge in [-0.2, -0.15) is 0 Å². The highest BCUT2D eigenvalue weighted by atomic mass is 16.2. The minimum atomic E-state index is 0.0786. The molecule has 2 rings (SSSR count). The van der Waals surface area contributed by atoms with E-state index < -0.39 is 0 Å². The summed E-state index contributed by atoms with van der Waals surface area (Å²) in [5, 5.41) is 0. The quantitative estimate of drug-likeness (QED) is 0.571. The van der Waals surface area contributed by atoms with Gasteiger partial charge in [-0.15, -0.1) is 0 Å². The first-order valence-electron chi connectivity index (χ1n) is 5.65. The Morgan fingerprint density at radius 3 is 2.35 bits per heavy atom. The number of carbonyl (C=O) groups is 1. The lowest BCUT2D eigenvalue weighted by molar-refractivity contribution is -0.731. The number of hydrogen-bond acceptors (Lipinski definition) is 1. The van der Waals surface area contributed by atoms with Crippen LogP contribution >= 0.6 is 0 Å². The first-order chi connectivity index (χ1) is 8.18. The van der Waals surface area contributed by atoms with Gasteiger partial charge in [0.2, 0.25) is 0 Å². The zero-order valence-electron chi connectivity index (χ0n) is 9.97. The van der Waals surface area contributed by atoms with Crippen molar-refractivity contribution in [3.05, 3.63) is 72.6 Å². The van der Waals surface area contributed by atoms with E-state index in [2.05, 4.69) is 6.58 Å². The highest BCUT2D eigenvalue weighted by Gasteiger charge is 2.34. The van der Waals surface area contributed by atoms with Crippen molar-refractivity contribution in [3.8, 4) is 0 Å². The minimum Gasteiger partial charge on any atom is -0.225 e. The van der Waals surface area contributed by atoms with Crippen LogP contribution in [0.25, 0.3) is 0 Å². The van der Waals surface area contributed by atoms with Crippen molar-refractivity contribution in [2.24, 2.45) is 0 Å². The Morgan fingerprint density at radius 1 is 1.24 bits per heavy atom. The lowest BCUT2D eigenvalue weighted by Crippen LogP contribution is -2.42. The van der Waals surface area contributed by atoms with E-state index in [1.54, 1.807) is 6.08 Å². The van der Waals surface area contributed by atoms with Gasteiger partial charge in [0, 0.05) is 0 Å².